The minimum absolute atomic E-state index is 0.0756. The van der Waals surface area contributed by atoms with Crippen LogP contribution in [0.3, 0.4) is 0 Å². The van der Waals surface area contributed by atoms with Crippen LogP contribution in [0, 0.1) is 17.3 Å². The first kappa shape index (κ1) is 15.5. The molecule has 120 valence electrons. The van der Waals surface area contributed by atoms with E-state index < -0.39 is 0 Å². The molecule has 2 fully saturated rings. The summed E-state index contributed by atoms with van der Waals surface area (Å²) >= 11 is 1.66. The molecule has 1 aliphatic heterocycles. The van der Waals surface area contributed by atoms with Crippen molar-refractivity contribution in [2.45, 2.75) is 39.7 Å². The second-order valence-corrected chi connectivity index (χ2v) is 8.11. The highest BCUT2D eigenvalue weighted by Crippen LogP contribution is 2.58. The first-order valence-electron chi connectivity index (χ1n) is 8.08. The lowest BCUT2D eigenvalue weighted by atomic mass is 10.0. The second kappa shape index (κ2) is 6.03. The van der Waals surface area contributed by atoms with Crippen molar-refractivity contribution in [3.8, 4) is 0 Å². The van der Waals surface area contributed by atoms with E-state index in [1.165, 1.54) is 4.88 Å². The average Bonchev–Trinajstić information content (AvgIpc) is 2.81. The quantitative estimate of drug-likeness (QED) is 0.907. The summed E-state index contributed by atoms with van der Waals surface area (Å²) in [6, 6.07) is 4.04. The Balaban J connectivity index is 1.49. The van der Waals surface area contributed by atoms with Crippen LogP contribution in [0.4, 0.5) is 0 Å². The number of likely N-dealkylation sites (tertiary alicyclic amines) is 1. The van der Waals surface area contributed by atoms with Gasteiger partial charge in [-0.2, -0.15) is 0 Å². The molecule has 2 aliphatic rings. The molecule has 1 aromatic heterocycles. The summed E-state index contributed by atoms with van der Waals surface area (Å²) < 4.78 is 0. The van der Waals surface area contributed by atoms with Gasteiger partial charge in [0.15, 0.2) is 0 Å². The molecule has 22 heavy (non-hydrogen) atoms. The highest BCUT2D eigenvalue weighted by atomic mass is 32.1. The summed E-state index contributed by atoms with van der Waals surface area (Å²) in [6.45, 7) is 6.36. The molecule has 1 spiro atoms. The van der Waals surface area contributed by atoms with Crippen molar-refractivity contribution >= 4 is 23.2 Å². The maximum atomic E-state index is 12.3. The standard InChI is InChI=1S/C17H24N2O2S/c1-12(2)8-15(20)19-6-5-17(11-19)9-14(17)16(21)18-10-13-4-3-7-22-13/h3-4,7,12,14H,5-6,8-11H2,1-2H3,(H,18,21). The van der Waals surface area contributed by atoms with Crippen molar-refractivity contribution < 1.29 is 9.59 Å². The molecule has 2 amide bonds. The molecule has 3 rings (SSSR count). The summed E-state index contributed by atoms with van der Waals surface area (Å²) in [5.41, 5.74) is 0.0756. The molecule has 2 heterocycles. The van der Waals surface area contributed by atoms with Crippen molar-refractivity contribution in [2.75, 3.05) is 13.1 Å². The third-order valence-corrected chi connectivity index (χ3v) is 5.72. The zero-order valence-electron chi connectivity index (χ0n) is 13.3. The molecule has 0 aromatic carbocycles. The highest BCUT2D eigenvalue weighted by molar-refractivity contribution is 7.09. The summed E-state index contributed by atoms with van der Waals surface area (Å²) in [5, 5.41) is 5.07. The molecule has 1 saturated heterocycles. The Morgan fingerprint density at radius 3 is 3.00 bits per heavy atom. The number of rotatable bonds is 5. The molecule has 0 bridgehead atoms. The molecular weight excluding hydrogens is 296 g/mol. The van der Waals surface area contributed by atoms with Crippen LogP contribution >= 0.6 is 11.3 Å². The number of thiophene rings is 1. The first-order valence-corrected chi connectivity index (χ1v) is 8.96. The van der Waals surface area contributed by atoms with E-state index in [0.717, 1.165) is 25.9 Å². The Morgan fingerprint density at radius 2 is 2.32 bits per heavy atom. The lowest BCUT2D eigenvalue weighted by Gasteiger charge is -2.18. The summed E-state index contributed by atoms with van der Waals surface area (Å²) in [7, 11) is 0. The van der Waals surface area contributed by atoms with Gasteiger partial charge in [0, 0.05) is 35.7 Å². The monoisotopic (exact) mass is 320 g/mol. The largest absolute Gasteiger partial charge is 0.351 e. The minimum atomic E-state index is 0.0756. The van der Waals surface area contributed by atoms with E-state index in [2.05, 4.69) is 19.2 Å². The normalized spacial score (nSPS) is 26.7. The van der Waals surface area contributed by atoms with Gasteiger partial charge in [-0.15, -0.1) is 11.3 Å². The lowest BCUT2D eigenvalue weighted by molar-refractivity contribution is -0.131. The van der Waals surface area contributed by atoms with E-state index >= 15 is 0 Å². The van der Waals surface area contributed by atoms with E-state index in [0.29, 0.717) is 18.9 Å². The van der Waals surface area contributed by atoms with Crippen molar-refractivity contribution in [3.05, 3.63) is 22.4 Å². The van der Waals surface area contributed by atoms with Crippen LogP contribution in [0.15, 0.2) is 17.5 Å². The first-order chi connectivity index (χ1) is 10.5. The molecule has 1 N–H and O–H groups in total. The minimum Gasteiger partial charge on any atom is -0.351 e. The number of carbonyl (C=O) groups excluding carboxylic acids is 2. The van der Waals surface area contributed by atoms with Gasteiger partial charge in [-0.25, -0.2) is 0 Å². The van der Waals surface area contributed by atoms with E-state index in [1.54, 1.807) is 11.3 Å². The van der Waals surface area contributed by atoms with Crippen LogP contribution < -0.4 is 5.32 Å². The topological polar surface area (TPSA) is 49.4 Å². The van der Waals surface area contributed by atoms with Gasteiger partial charge in [0.25, 0.3) is 0 Å². The SMILES string of the molecule is CC(C)CC(=O)N1CCC2(CC2C(=O)NCc2cccs2)C1. The third kappa shape index (κ3) is 3.19. The van der Waals surface area contributed by atoms with Crippen LogP contribution in [0.5, 0.6) is 0 Å². The van der Waals surface area contributed by atoms with Crippen LogP contribution in [0.2, 0.25) is 0 Å². The second-order valence-electron chi connectivity index (χ2n) is 7.08. The number of hydrogen-bond acceptors (Lipinski definition) is 3. The van der Waals surface area contributed by atoms with E-state index in [-0.39, 0.29) is 23.1 Å². The van der Waals surface area contributed by atoms with E-state index in [1.807, 2.05) is 22.4 Å². The van der Waals surface area contributed by atoms with Gasteiger partial charge in [0.1, 0.15) is 0 Å². The van der Waals surface area contributed by atoms with Crippen molar-refractivity contribution in [2.24, 2.45) is 17.3 Å². The van der Waals surface area contributed by atoms with Gasteiger partial charge in [0.2, 0.25) is 11.8 Å². The Kier molecular flexibility index (Phi) is 4.26. The Hall–Kier alpha value is -1.36. The van der Waals surface area contributed by atoms with Crippen molar-refractivity contribution in [1.29, 1.82) is 0 Å². The molecule has 1 aliphatic carbocycles. The molecule has 2 atom stereocenters. The Labute approximate surface area is 135 Å². The number of carbonyl (C=O) groups is 2. The number of hydrogen-bond donors (Lipinski definition) is 1. The predicted molar refractivity (Wildman–Crippen MR) is 87.4 cm³/mol. The zero-order valence-corrected chi connectivity index (χ0v) is 14.1. The third-order valence-electron chi connectivity index (χ3n) is 4.84. The Morgan fingerprint density at radius 1 is 1.50 bits per heavy atom. The maximum Gasteiger partial charge on any atom is 0.224 e. The number of amides is 2. The molecule has 2 unspecified atom stereocenters. The maximum absolute atomic E-state index is 12.3. The van der Waals surface area contributed by atoms with Gasteiger partial charge in [-0.3, -0.25) is 9.59 Å². The average molecular weight is 320 g/mol. The summed E-state index contributed by atoms with van der Waals surface area (Å²) in [4.78, 5) is 27.6. The summed E-state index contributed by atoms with van der Waals surface area (Å²) in [5.74, 6) is 0.903. The smallest absolute Gasteiger partial charge is 0.224 e. The van der Waals surface area contributed by atoms with Crippen molar-refractivity contribution in [1.82, 2.24) is 10.2 Å². The van der Waals surface area contributed by atoms with Gasteiger partial charge in [-0.1, -0.05) is 19.9 Å². The van der Waals surface area contributed by atoms with E-state index in [4.69, 9.17) is 0 Å². The molecule has 1 aromatic rings. The fourth-order valence-corrected chi connectivity index (χ4v) is 4.11. The van der Waals surface area contributed by atoms with Gasteiger partial charge < -0.3 is 10.2 Å². The fraction of sp³-hybridized carbons (Fsp3) is 0.647. The van der Waals surface area contributed by atoms with Gasteiger partial charge in [-0.05, 0) is 30.2 Å². The van der Waals surface area contributed by atoms with Crippen LogP contribution in [-0.2, 0) is 16.1 Å². The van der Waals surface area contributed by atoms with Crippen LogP contribution in [0.25, 0.3) is 0 Å². The molecule has 5 heteroatoms. The Bertz CT molecular complexity index is 555. The fourth-order valence-electron chi connectivity index (χ4n) is 3.47. The van der Waals surface area contributed by atoms with Crippen LogP contribution in [0.1, 0.15) is 38.0 Å². The van der Waals surface area contributed by atoms with E-state index in [9.17, 15) is 9.59 Å². The molecular formula is C17H24N2O2S. The lowest BCUT2D eigenvalue weighted by Crippen LogP contribution is -2.31. The molecule has 0 radical (unpaired) electrons. The van der Waals surface area contributed by atoms with Gasteiger partial charge in [0.05, 0.1) is 6.54 Å². The number of nitrogens with one attached hydrogen (secondary N) is 1. The van der Waals surface area contributed by atoms with Gasteiger partial charge >= 0.3 is 0 Å². The zero-order chi connectivity index (χ0) is 15.7. The van der Waals surface area contributed by atoms with Crippen LogP contribution in [-0.4, -0.2) is 29.8 Å². The summed E-state index contributed by atoms with van der Waals surface area (Å²) in [6.07, 6.45) is 2.54. The highest BCUT2D eigenvalue weighted by Gasteiger charge is 2.61. The predicted octanol–water partition coefficient (Wildman–Crippen LogP) is 2.65. The molecule has 4 nitrogen and oxygen atoms in total. The molecule has 1 saturated carbocycles. The number of nitrogens with zero attached hydrogens (tertiary/aromatic N) is 1. The van der Waals surface area contributed by atoms with Crippen molar-refractivity contribution in [3.63, 3.8) is 0 Å².